The first-order valence-electron chi connectivity index (χ1n) is 5.63. The van der Waals surface area contributed by atoms with Gasteiger partial charge in [-0.2, -0.15) is 0 Å². The maximum Gasteiger partial charge on any atom is 0.199 e. The lowest BCUT2D eigenvalue weighted by Crippen LogP contribution is -2.00. The molecule has 0 saturated heterocycles. The number of aromatic nitrogens is 4. The third-order valence-corrected chi connectivity index (χ3v) is 5.44. The number of nitrogens with zero attached hydrogens (tertiary/aromatic N) is 4. The van der Waals surface area contributed by atoms with Gasteiger partial charge in [-0.25, -0.2) is 4.98 Å². The summed E-state index contributed by atoms with van der Waals surface area (Å²) in [6.45, 7) is 5.98. The third-order valence-electron chi connectivity index (χ3n) is 3.05. The zero-order valence-electron chi connectivity index (χ0n) is 10.5. The van der Waals surface area contributed by atoms with E-state index in [1.807, 2.05) is 18.2 Å². The molecule has 0 amide bonds. The molecule has 0 aliphatic heterocycles. The number of hydrogen-bond acceptors (Lipinski definition) is 4. The highest BCUT2D eigenvalue weighted by Gasteiger charge is 2.17. The zero-order valence-corrected chi connectivity index (χ0v) is 13.7. The lowest BCUT2D eigenvalue weighted by Gasteiger charge is -2.06. The average molecular weight is 358 g/mol. The average Bonchev–Trinajstić information content (AvgIpc) is 2.91. The van der Waals surface area contributed by atoms with Crippen molar-refractivity contribution in [1.82, 2.24) is 19.6 Å². The van der Waals surface area contributed by atoms with Crippen LogP contribution in [0.2, 0.25) is 5.15 Å². The van der Waals surface area contributed by atoms with Crippen LogP contribution in [0.15, 0.2) is 9.85 Å². The molecule has 0 aliphatic rings. The molecular formula is C12H10BrClN4S. The fraction of sp³-hybridized carbons (Fsp3) is 0.250. The summed E-state index contributed by atoms with van der Waals surface area (Å²) < 4.78 is 3.07. The summed E-state index contributed by atoms with van der Waals surface area (Å²) >= 11 is 11.3. The Hall–Kier alpha value is -0.980. The van der Waals surface area contributed by atoms with E-state index in [0.29, 0.717) is 10.8 Å². The summed E-state index contributed by atoms with van der Waals surface area (Å²) in [5.41, 5.74) is 3.67. The highest BCUT2D eigenvalue weighted by Crippen LogP contribution is 2.35. The van der Waals surface area contributed by atoms with Crippen molar-refractivity contribution in [2.45, 2.75) is 20.8 Å². The van der Waals surface area contributed by atoms with Crippen LogP contribution in [0.25, 0.3) is 16.3 Å². The summed E-state index contributed by atoms with van der Waals surface area (Å²) in [6.07, 6.45) is 0. The number of halogens is 2. The van der Waals surface area contributed by atoms with Crippen LogP contribution in [0.1, 0.15) is 17.0 Å². The van der Waals surface area contributed by atoms with Gasteiger partial charge in [-0.15, -0.1) is 21.5 Å². The second kappa shape index (κ2) is 4.54. The van der Waals surface area contributed by atoms with Gasteiger partial charge in [0.2, 0.25) is 0 Å². The molecule has 98 valence electrons. The summed E-state index contributed by atoms with van der Waals surface area (Å²) in [5, 5.41) is 8.79. The monoisotopic (exact) mass is 356 g/mol. The summed E-state index contributed by atoms with van der Waals surface area (Å²) in [4.78, 5) is 5.32. The van der Waals surface area contributed by atoms with E-state index in [-0.39, 0.29) is 0 Å². The van der Waals surface area contributed by atoms with Crippen molar-refractivity contribution in [2.24, 2.45) is 0 Å². The topological polar surface area (TPSA) is 43.1 Å². The van der Waals surface area contributed by atoms with Crippen molar-refractivity contribution in [3.63, 3.8) is 0 Å². The fourth-order valence-corrected chi connectivity index (χ4v) is 3.66. The summed E-state index contributed by atoms with van der Waals surface area (Å²) in [6, 6.07) is 2.09. The van der Waals surface area contributed by atoms with Gasteiger partial charge in [-0.3, -0.25) is 4.40 Å². The molecule has 0 saturated carbocycles. The molecule has 3 aromatic rings. The van der Waals surface area contributed by atoms with Gasteiger partial charge >= 0.3 is 0 Å². The minimum absolute atomic E-state index is 0.384. The van der Waals surface area contributed by atoms with Gasteiger partial charge in [0.15, 0.2) is 16.6 Å². The molecule has 7 heteroatoms. The van der Waals surface area contributed by atoms with E-state index in [0.717, 1.165) is 25.9 Å². The van der Waals surface area contributed by atoms with Crippen molar-refractivity contribution in [3.8, 4) is 10.7 Å². The fourth-order valence-electron chi connectivity index (χ4n) is 1.91. The highest BCUT2D eigenvalue weighted by atomic mass is 79.9. The van der Waals surface area contributed by atoms with Gasteiger partial charge in [-0.05, 0) is 48.3 Å². The van der Waals surface area contributed by atoms with Crippen molar-refractivity contribution in [1.29, 1.82) is 0 Å². The Labute approximate surface area is 127 Å². The Morgan fingerprint density at radius 3 is 2.63 bits per heavy atom. The molecule has 3 heterocycles. The minimum Gasteiger partial charge on any atom is -0.275 e. The molecule has 0 spiro atoms. The SMILES string of the molecule is Cc1cc(-c2nnc3c(Cl)nc(C)c(C)n23)sc1Br. The Morgan fingerprint density at radius 2 is 2.00 bits per heavy atom. The van der Waals surface area contributed by atoms with Crippen LogP contribution < -0.4 is 0 Å². The minimum atomic E-state index is 0.384. The van der Waals surface area contributed by atoms with Gasteiger partial charge in [0.25, 0.3) is 0 Å². The molecule has 3 aromatic heterocycles. The van der Waals surface area contributed by atoms with E-state index in [1.54, 1.807) is 11.3 Å². The predicted molar refractivity (Wildman–Crippen MR) is 81.0 cm³/mol. The number of hydrogen-bond donors (Lipinski definition) is 0. The number of rotatable bonds is 1. The Bertz CT molecular complexity index is 773. The number of fused-ring (bicyclic) bond motifs is 1. The lowest BCUT2D eigenvalue weighted by molar-refractivity contribution is 1.00. The van der Waals surface area contributed by atoms with Gasteiger partial charge in [0.05, 0.1) is 14.4 Å². The quantitative estimate of drug-likeness (QED) is 0.656. The second-order valence-corrected chi connectivity index (χ2v) is 7.05. The number of aryl methyl sites for hydroxylation is 3. The van der Waals surface area contributed by atoms with Crippen LogP contribution in [0.3, 0.4) is 0 Å². The normalized spacial score (nSPS) is 11.4. The van der Waals surface area contributed by atoms with Crippen LogP contribution in [0.5, 0.6) is 0 Å². The summed E-state index contributed by atoms with van der Waals surface area (Å²) in [5.74, 6) is 0.804. The van der Waals surface area contributed by atoms with Gasteiger partial charge in [0.1, 0.15) is 0 Å². The lowest BCUT2D eigenvalue weighted by atomic mass is 10.3. The van der Waals surface area contributed by atoms with E-state index < -0.39 is 0 Å². The first-order chi connectivity index (χ1) is 8.99. The molecule has 0 aromatic carbocycles. The standard InChI is InChI=1S/C12H10BrClN4S/c1-5-4-8(19-9(5)13)11-16-17-12-10(14)15-6(2)7(3)18(11)12/h4H,1-3H3. The largest absolute Gasteiger partial charge is 0.275 e. The molecule has 19 heavy (non-hydrogen) atoms. The Balaban J connectivity index is 2.36. The molecule has 4 nitrogen and oxygen atoms in total. The van der Waals surface area contributed by atoms with Gasteiger partial charge in [-0.1, -0.05) is 11.6 Å². The molecule has 0 radical (unpaired) electrons. The first-order valence-corrected chi connectivity index (χ1v) is 7.62. The molecule has 3 rings (SSSR count). The van der Waals surface area contributed by atoms with Gasteiger partial charge < -0.3 is 0 Å². The van der Waals surface area contributed by atoms with Crippen LogP contribution in [0, 0.1) is 20.8 Å². The van der Waals surface area contributed by atoms with Crippen LogP contribution in [0.4, 0.5) is 0 Å². The van der Waals surface area contributed by atoms with E-state index in [2.05, 4.69) is 44.1 Å². The van der Waals surface area contributed by atoms with Crippen LogP contribution >= 0.6 is 38.9 Å². The van der Waals surface area contributed by atoms with Crippen molar-refractivity contribution < 1.29 is 0 Å². The molecular weight excluding hydrogens is 348 g/mol. The molecule has 0 N–H and O–H groups in total. The van der Waals surface area contributed by atoms with E-state index >= 15 is 0 Å². The van der Waals surface area contributed by atoms with Crippen molar-refractivity contribution in [2.75, 3.05) is 0 Å². The molecule has 0 bridgehead atoms. The molecule has 0 unspecified atom stereocenters. The first kappa shape index (κ1) is 13.0. The Kier molecular flexibility index (Phi) is 3.11. The van der Waals surface area contributed by atoms with Crippen LogP contribution in [-0.2, 0) is 0 Å². The zero-order chi connectivity index (χ0) is 13.7. The Morgan fingerprint density at radius 1 is 1.26 bits per heavy atom. The number of thiophene rings is 1. The van der Waals surface area contributed by atoms with E-state index in [1.165, 1.54) is 5.56 Å². The highest BCUT2D eigenvalue weighted by molar-refractivity contribution is 9.11. The molecule has 0 aliphatic carbocycles. The smallest absolute Gasteiger partial charge is 0.199 e. The predicted octanol–water partition coefficient (Wildman–Crippen LogP) is 4.19. The van der Waals surface area contributed by atoms with Crippen molar-refractivity contribution >= 4 is 44.5 Å². The van der Waals surface area contributed by atoms with E-state index in [4.69, 9.17) is 11.6 Å². The maximum atomic E-state index is 6.13. The maximum absolute atomic E-state index is 6.13. The van der Waals surface area contributed by atoms with Crippen LogP contribution in [-0.4, -0.2) is 19.6 Å². The van der Waals surface area contributed by atoms with E-state index in [9.17, 15) is 0 Å². The van der Waals surface area contributed by atoms with Gasteiger partial charge in [0, 0.05) is 5.69 Å². The molecule has 0 atom stereocenters. The second-order valence-electron chi connectivity index (χ2n) is 4.32. The third kappa shape index (κ3) is 1.98. The molecule has 0 fully saturated rings. The van der Waals surface area contributed by atoms with Crippen molar-refractivity contribution in [3.05, 3.63) is 32.0 Å². The summed E-state index contributed by atoms with van der Waals surface area (Å²) in [7, 11) is 0.